The van der Waals surface area contributed by atoms with Gasteiger partial charge in [0, 0.05) is 54.4 Å². The van der Waals surface area contributed by atoms with Crippen molar-refractivity contribution in [3.05, 3.63) is 0 Å². The van der Waals surface area contributed by atoms with Gasteiger partial charge in [0.05, 0.1) is 44.6 Å². The Morgan fingerprint density at radius 1 is 0.315 bits per heavy atom. The number of rotatable bonds is 31. The monoisotopic (exact) mass is 1910 g/mol. The number of methoxy groups -OCH3 is 2. The predicted molar refractivity (Wildman–Crippen MR) is 390 cm³/mol. The third-order valence-electron chi connectivity index (χ3n) is 23.2. The molecule has 0 spiro atoms. The number of carboxylic acids is 1. The normalized spacial score (nSPS) is 46.9. The predicted octanol–water partition coefficient (Wildman–Crippen LogP) is -27.5. The number of aliphatic carboxylic acids is 1. The van der Waals surface area contributed by atoms with Crippen LogP contribution in [0.5, 0.6) is 0 Å². The molecule has 736 valence electrons. The van der Waals surface area contributed by atoms with Crippen LogP contribution in [0.15, 0.2) is 0 Å². The topological polar surface area (TPSA) is 882 Å². The van der Waals surface area contributed by atoms with Crippen molar-refractivity contribution in [1.29, 1.82) is 0 Å². The van der Waals surface area contributed by atoms with Gasteiger partial charge in [-0.2, -0.15) is 0 Å². The maximum atomic E-state index is 15.3. The molecule has 0 saturated carbocycles. The van der Waals surface area contributed by atoms with Crippen molar-refractivity contribution in [3.8, 4) is 0 Å². The third kappa shape index (κ3) is 24.9. The molecule has 10 aliphatic heterocycles. The molecule has 0 aromatic heterocycles. The van der Waals surface area contributed by atoms with Gasteiger partial charge in [-0.1, -0.05) is 13.8 Å². The molecular formula is C71H113N6Na2O51-. The minimum Gasteiger partial charge on any atom is -0.870 e. The Kier molecular flexibility index (Phi) is 42.9. The second-order valence-corrected chi connectivity index (χ2v) is 31.9. The molecule has 10 rings (SSSR count). The van der Waals surface area contributed by atoms with Crippen molar-refractivity contribution < 1.29 is 310 Å². The van der Waals surface area contributed by atoms with Gasteiger partial charge in [0.1, 0.15) is 195 Å². The van der Waals surface area contributed by atoms with E-state index >= 15 is 9.59 Å². The first-order chi connectivity index (χ1) is 59.9. The van der Waals surface area contributed by atoms with Crippen LogP contribution in [0.1, 0.15) is 41.5 Å². The van der Waals surface area contributed by atoms with Crippen LogP contribution in [-0.2, 0) is 128 Å². The van der Waals surface area contributed by atoms with E-state index in [1.165, 1.54) is 13.2 Å². The van der Waals surface area contributed by atoms with Gasteiger partial charge in [-0.3, -0.25) is 28.8 Å². The summed E-state index contributed by atoms with van der Waals surface area (Å²) in [5.74, 6) is -11.3. The Labute approximate surface area is 781 Å². The Hall–Kier alpha value is -3.72. The van der Waals surface area contributed by atoms with E-state index in [0.29, 0.717) is 0 Å². The van der Waals surface area contributed by atoms with Crippen LogP contribution in [0.3, 0.4) is 0 Å². The second-order valence-electron chi connectivity index (χ2n) is 31.9. The van der Waals surface area contributed by atoms with Crippen molar-refractivity contribution in [2.24, 2.45) is 11.8 Å². The molecule has 0 aliphatic carbocycles. The van der Waals surface area contributed by atoms with Crippen LogP contribution in [0.25, 0.3) is 0 Å². The van der Waals surface area contributed by atoms with Gasteiger partial charge in [0.15, 0.2) is 81.3 Å². The molecular weight excluding hydrogens is 1800 g/mol. The molecule has 0 aromatic rings. The summed E-state index contributed by atoms with van der Waals surface area (Å²) in [6.07, 6.45) is -95.3. The van der Waals surface area contributed by atoms with E-state index in [0.717, 1.165) is 48.8 Å². The number of hydrogen-bond donors (Lipinski definition) is 28. The van der Waals surface area contributed by atoms with E-state index in [9.17, 15) is 146 Å². The molecule has 20 unspecified atom stereocenters. The minimum atomic E-state index is -2.67. The van der Waals surface area contributed by atoms with Crippen molar-refractivity contribution in [2.75, 3.05) is 47.2 Å². The first kappa shape index (κ1) is 113. The number of aliphatic hydroxyl groups is 22. The Balaban J connectivity index is 0.00000771. The quantitative estimate of drug-likeness (QED) is 0.0226. The summed E-state index contributed by atoms with van der Waals surface area (Å²) in [4.78, 5) is 106. The zero-order valence-corrected chi connectivity index (χ0v) is 75.1. The summed E-state index contributed by atoms with van der Waals surface area (Å²) in [5.41, 5.74) is 0. The van der Waals surface area contributed by atoms with E-state index in [4.69, 9.17) is 90.0 Å². The molecule has 10 aliphatic rings. The Bertz CT molecular complexity index is 3660. The third-order valence-corrected chi connectivity index (χ3v) is 23.2. The number of hydrogen-bond acceptors (Lipinski definition) is 51. The first-order valence-corrected chi connectivity index (χ1v) is 40.0. The number of aliphatic hydroxyl groups excluding tert-OH is 22. The molecule has 6 amide bonds. The van der Waals surface area contributed by atoms with E-state index in [-0.39, 0.29) is 64.6 Å². The Morgan fingerprint density at radius 2 is 0.608 bits per heavy atom. The van der Waals surface area contributed by atoms with Gasteiger partial charge in [-0.05, 0) is 12.0 Å². The number of carbonyl (C=O) groups is 7. The molecule has 57 nitrogen and oxygen atoms in total. The SMILES string of the molecule is CO[C@@H]1OC(CO)[C@@H](O)[C@H](O[C@@H]2OC(C(=O)NCC3O[C@H](O[C@H]4OC(NC(=O)C5O[C@@H](O[C@@H]6C(NC(C)=O)[C@H](OC)OC(CO)[C@H]6O)C(O)[C@@H](O)[C@@H]5O[C@@H]5OC(CO)[C@@H](O)[C@H](O[C@@H]6OC(C(=O)[O-])[C@@H](C)[C@H](O)C6O)C5NC(C)=O)[C@@H](O)[C@H](O)C4O)C(O)[C@@H](O)[C@@H]3O)[C@@H](O[C@@H]3OC(CO)[C@@H](O)[C@H](O[C@@H]4OC([C-]=O)[C@@H](C)[C@H](O)C4O)C3NC(C)=O)[C@H](O)C2O)C1NC(C)=O.[Na+].[Na+].[OH-]. The van der Waals surface area contributed by atoms with E-state index in [1.54, 1.807) is 0 Å². The standard InChI is InChI=1S/C71H113N6O50.2Na.H2O/c1-15-22(10-78)112-66(43(99)31(15)87)118-52-29(75-19(5)85)64(115-25(13-81)36(52)92)122-54-40(96)47(103)69(119-50-27(73-17(3)83)62(109-7)113-23(11-79)34(50)90)124-56(54)58(105)72-9-21-33(89)38(94)45(101)67(111-21)127-71-46(102)39(95)42(98)60(126-71)77-59(106)57-55(41(97)48(104)70(125-57)120-51-28(74-18(4)84)63(110-8)114-24(12-80)35(51)91)123-65-30(76-20(6)86)53(37(93)26(14-82)116-65)121-68-44(100)32(88)16(2)49(117-68)61(107)108;;;/h15-16,21-57,60,62-71,79-82,87-104H,9,11-14H2,1-8H3,(H,72,105)(H,73,83)(H,74,84)(H,75,85)(H,76,86)(H,77,106)(H,107,108);;;1H2/q-1;2*+1;/p-2/t15-,16+,21?,22?,23?,24?,25?,26?,27?,28?,29?,30?,31+,32+,33-,34-,35-,36-,37-,38+,39+,40-,41-,42+,43?,44?,45?,46?,47?,48?,49?,50-,51-,52-,53-,54+,55+,56?,57?,60?,62-,63-,64+,65+,66+,67-,68+,69-,70-,71-;;;/m1.../s1. The summed E-state index contributed by atoms with van der Waals surface area (Å²) in [6.45, 7) is 0.843. The summed E-state index contributed by atoms with van der Waals surface area (Å²) in [5, 5.41) is 276. The van der Waals surface area contributed by atoms with E-state index in [1.807, 2.05) is 0 Å². The Morgan fingerprint density at radius 3 is 0.962 bits per heavy atom. The molecule has 59 heteroatoms. The van der Waals surface area contributed by atoms with Gasteiger partial charge >= 0.3 is 59.1 Å². The van der Waals surface area contributed by atoms with Crippen LogP contribution in [0.2, 0.25) is 0 Å². The van der Waals surface area contributed by atoms with Gasteiger partial charge < -0.3 is 254 Å². The van der Waals surface area contributed by atoms with Crippen LogP contribution in [-0.4, -0.2) is 507 Å². The van der Waals surface area contributed by atoms with Crippen molar-refractivity contribution in [3.63, 3.8) is 0 Å². The molecule has 10 saturated heterocycles. The smallest absolute Gasteiger partial charge is 0.870 e. The first-order valence-electron chi connectivity index (χ1n) is 40.0. The molecule has 0 bridgehead atoms. The van der Waals surface area contributed by atoms with Gasteiger partial charge in [0.25, 0.3) is 11.8 Å². The molecule has 130 heavy (non-hydrogen) atoms. The largest absolute Gasteiger partial charge is 1.00 e. The van der Waals surface area contributed by atoms with Crippen molar-refractivity contribution in [1.82, 2.24) is 31.9 Å². The summed E-state index contributed by atoms with van der Waals surface area (Å²) >= 11 is 0. The zero-order valence-electron chi connectivity index (χ0n) is 71.1. The summed E-state index contributed by atoms with van der Waals surface area (Å²) < 4.78 is 110. The summed E-state index contributed by atoms with van der Waals surface area (Å²) in [6, 6.07) is -7.23. The molecule has 10 heterocycles. The maximum absolute atomic E-state index is 15.3. The number of nitrogens with one attached hydrogen (secondary N) is 6. The average Bonchev–Trinajstić information content (AvgIpc) is 0.770. The number of amides is 6. The molecule has 10 fully saturated rings. The minimum absolute atomic E-state index is 0. The maximum Gasteiger partial charge on any atom is 1.00 e. The molecule has 50 atom stereocenters. The average molecular weight is 1910 g/mol. The van der Waals surface area contributed by atoms with Gasteiger partial charge in [-0.25, -0.2) is 6.29 Å². The van der Waals surface area contributed by atoms with Crippen molar-refractivity contribution >= 4 is 47.7 Å². The molecule has 29 N–H and O–H groups in total. The van der Waals surface area contributed by atoms with E-state index < -0.39 is 381 Å². The fourth-order valence-corrected chi connectivity index (χ4v) is 16.2. The van der Waals surface area contributed by atoms with Gasteiger partial charge in [0.2, 0.25) is 23.6 Å². The zero-order chi connectivity index (χ0) is 93.8. The van der Waals surface area contributed by atoms with Crippen LogP contribution < -0.4 is 96.1 Å². The van der Waals surface area contributed by atoms with Crippen LogP contribution >= 0.6 is 0 Å². The molecule has 0 radical (unpaired) electrons. The van der Waals surface area contributed by atoms with Crippen molar-refractivity contribution in [2.45, 2.75) is 336 Å². The van der Waals surface area contributed by atoms with E-state index in [2.05, 4.69) is 31.9 Å². The number of carboxylic acid groups (broad SMARTS) is 1. The van der Waals surface area contributed by atoms with Crippen LogP contribution in [0.4, 0.5) is 0 Å². The fourth-order valence-electron chi connectivity index (χ4n) is 16.2. The van der Waals surface area contributed by atoms with Crippen LogP contribution in [0, 0.1) is 11.8 Å². The molecule has 0 aromatic carbocycles. The second kappa shape index (κ2) is 49.2. The van der Waals surface area contributed by atoms with Gasteiger partial charge in [-0.15, -0.1) is 0 Å². The summed E-state index contributed by atoms with van der Waals surface area (Å²) in [7, 11) is 2.15. The number of ether oxygens (including phenoxy) is 19. The fraction of sp³-hybridized carbons (Fsp3) is 0.887. The number of carbonyl (C=O) groups excluding carboxylic acids is 8.